The number of para-hydroxylation sites is 2. The summed E-state index contributed by atoms with van der Waals surface area (Å²) in [6.45, 7) is 2.72. The van der Waals surface area contributed by atoms with Crippen LogP contribution in [0.3, 0.4) is 0 Å². The first-order valence-electron chi connectivity index (χ1n) is 5.74. The standard InChI is InChI=1S/C12H13N3O4S/c1-11(2,15-18)12(20,9(16)17)14-10-13-7-5-3-4-6-8(7)19-10/h3-6,20H,1-2H3,(H,13,14)(H,16,17). The molecule has 0 amide bonds. The van der Waals surface area contributed by atoms with E-state index >= 15 is 0 Å². The summed E-state index contributed by atoms with van der Waals surface area (Å²) in [6, 6.07) is 6.90. The number of oxazole rings is 1. The van der Waals surface area contributed by atoms with Crippen molar-refractivity contribution in [1.29, 1.82) is 0 Å². The van der Waals surface area contributed by atoms with Gasteiger partial charge in [0.15, 0.2) is 5.58 Å². The van der Waals surface area contributed by atoms with Gasteiger partial charge >= 0.3 is 5.97 Å². The molecule has 0 spiro atoms. The molecule has 8 heteroatoms. The Morgan fingerprint density at radius 1 is 1.45 bits per heavy atom. The Morgan fingerprint density at radius 3 is 2.65 bits per heavy atom. The van der Waals surface area contributed by atoms with Gasteiger partial charge in [-0.1, -0.05) is 17.3 Å². The number of aliphatic carboxylic acids is 1. The summed E-state index contributed by atoms with van der Waals surface area (Å²) in [5.41, 5.74) is -0.469. The van der Waals surface area contributed by atoms with Gasteiger partial charge in [-0.25, -0.2) is 4.79 Å². The predicted molar refractivity (Wildman–Crippen MR) is 76.9 cm³/mol. The van der Waals surface area contributed by atoms with Gasteiger partial charge < -0.3 is 14.8 Å². The van der Waals surface area contributed by atoms with E-state index in [-0.39, 0.29) is 6.01 Å². The highest BCUT2D eigenvalue weighted by molar-refractivity contribution is 7.83. The summed E-state index contributed by atoms with van der Waals surface area (Å²) >= 11 is 4.06. The van der Waals surface area contributed by atoms with Crippen LogP contribution in [0.5, 0.6) is 0 Å². The van der Waals surface area contributed by atoms with Crippen molar-refractivity contribution in [3.8, 4) is 0 Å². The monoisotopic (exact) mass is 295 g/mol. The van der Waals surface area contributed by atoms with E-state index in [2.05, 4.69) is 28.1 Å². The zero-order chi connectivity index (χ0) is 15.0. The molecule has 0 bridgehead atoms. The molecule has 1 aromatic heterocycles. The lowest BCUT2D eigenvalue weighted by Gasteiger charge is -2.33. The molecule has 7 nitrogen and oxygen atoms in total. The van der Waals surface area contributed by atoms with E-state index in [0.29, 0.717) is 11.1 Å². The minimum atomic E-state index is -1.95. The van der Waals surface area contributed by atoms with Crippen molar-refractivity contribution in [3.63, 3.8) is 0 Å². The molecule has 20 heavy (non-hydrogen) atoms. The number of anilines is 1. The first-order valence-corrected chi connectivity index (χ1v) is 6.19. The third kappa shape index (κ3) is 2.22. The molecule has 2 rings (SSSR count). The topological polar surface area (TPSA) is 105 Å². The number of carboxylic acids is 1. The SMILES string of the molecule is CC(C)(N=O)C(S)(Nc1nc2ccccc2o1)C(=O)O. The fourth-order valence-corrected chi connectivity index (χ4v) is 1.75. The van der Waals surface area contributed by atoms with Gasteiger partial charge in [0.25, 0.3) is 6.01 Å². The molecule has 0 aliphatic heterocycles. The summed E-state index contributed by atoms with van der Waals surface area (Å²) in [5.74, 6) is -1.35. The fourth-order valence-electron chi connectivity index (χ4n) is 1.61. The van der Waals surface area contributed by atoms with Gasteiger partial charge in [-0.3, -0.25) is 0 Å². The molecular weight excluding hydrogens is 282 g/mol. The maximum atomic E-state index is 11.4. The number of carbonyl (C=O) groups is 1. The number of aromatic nitrogens is 1. The molecule has 1 aromatic carbocycles. The molecular formula is C12H13N3O4S. The smallest absolute Gasteiger partial charge is 0.342 e. The van der Waals surface area contributed by atoms with Gasteiger partial charge in [0.2, 0.25) is 4.87 Å². The number of thiol groups is 1. The molecule has 0 saturated carbocycles. The van der Waals surface area contributed by atoms with Crippen molar-refractivity contribution in [3.05, 3.63) is 29.2 Å². The summed E-state index contributed by atoms with van der Waals surface area (Å²) in [6.07, 6.45) is 0. The second-order valence-corrected chi connectivity index (χ2v) is 5.45. The van der Waals surface area contributed by atoms with Crippen molar-refractivity contribution >= 4 is 35.7 Å². The predicted octanol–water partition coefficient (Wildman–Crippen LogP) is 2.50. The van der Waals surface area contributed by atoms with Gasteiger partial charge in [0.1, 0.15) is 11.1 Å². The first kappa shape index (κ1) is 14.3. The maximum Gasteiger partial charge on any atom is 0.342 e. The Labute approximate surface area is 119 Å². The highest BCUT2D eigenvalue weighted by atomic mass is 32.1. The van der Waals surface area contributed by atoms with Crippen LogP contribution >= 0.6 is 12.6 Å². The van der Waals surface area contributed by atoms with Crippen LogP contribution in [0.25, 0.3) is 11.1 Å². The quantitative estimate of drug-likeness (QED) is 0.444. The van der Waals surface area contributed by atoms with Gasteiger partial charge in [0, 0.05) is 0 Å². The van der Waals surface area contributed by atoms with Crippen LogP contribution in [0, 0.1) is 4.91 Å². The minimum absolute atomic E-state index is 0.0414. The van der Waals surface area contributed by atoms with Crippen LogP contribution in [0.1, 0.15) is 13.8 Å². The van der Waals surface area contributed by atoms with E-state index in [4.69, 9.17) is 4.42 Å². The molecule has 2 aromatic rings. The average Bonchev–Trinajstić information content (AvgIpc) is 2.80. The Hall–Kier alpha value is -2.09. The van der Waals surface area contributed by atoms with Crippen molar-refractivity contribution < 1.29 is 14.3 Å². The number of rotatable bonds is 5. The molecule has 2 N–H and O–H groups in total. The Morgan fingerprint density at radius 2 is 2.10 bits per heavy atom. The van der Waals surface area contributed by atoms with Crippen LogP contribution in [0.2, 0.25) is 0 Å². The van der Waals surface area contributed by atoms with E-state index in [1.54, 1.807) is 24.3 Å². The summed E-state index contributed by atoms with van der Waals surface area (Å²) in [4.78, 5) is 24.5. The van der Waals surface area contributed by atoms with Crippen molar-refractivity contribution in [2.75, 3.05) is 5.32 Å². The van der Waals surface area contributed by atoms with Crippen molar-refractivity contribution in [1.82, 2.24) is 4.98 Å². The minimum Gasteiger partial charge on any atom is -0.479 e. The summed E-state index contributed by atoms with van der Waals surface area (Å²) < 4.78 is 5.38. The Balaban J connectivity index is 2.42. The first-order chi connectivity index (χ1) is 9.30. The fraction of sp³-hybridized carbons (Fsp3) is 0.333. The lowest BCUT2D eigenvalue weighted by atomic mass is 9.95. The van der Waals surface area contributed by atoms with E-state index in [0.717, 1.165) is 0 Å². The second-order valence-electron chi connectivity index (χ2n) is 4.78. The average molecular weight is 295 g/mol. The van der Waals surface area contributed by atoms with E-state index in [9.17, 15) is 14.8 Å². The van der Waals surface area contributed by atoms with Gasteiger partial charge in [-0.05, 0) is 26.0 Å². The summed E-state index contributed by atoms with van der Waals surface area (Å²) in [7, 11) is 0. The molecule has 0 saturated heterocycles. The highest BCUT2D eigenvalue weighted by Crippen LogP contribution is 2.34. The number of benzene rings is 1. The highest BCUT2D eigenvalue weighted by Gasteiger charge is 2.52. The Kier molecular flexibility index (Phi) is 3.43. The van der Waals surface area contributed by atoms with Crippen molar-refractivity contribution in [2.45, 2.75) is 24.3 Å². The van der Waals surface area contributed by atoms with E-state index in [1.807, 2.05) is 0 Å². The lowest BCUT2D eigenvalue weighted by Crippen LogP contribution is -2.56. The molecule has 106 valence electrons. The molecule has 0 radical (unpaired) electrons. The molecule has 1 atom stereocenters. The number of nitrogens with zero attached hydrogens (tertiary/aromatic N) is 2. The zero-order valence-electron chi connectivity index (χ0n) is 10.8. The number of hydrogen-bond acceptors (Lipinski definition) is 7. The largest absolute Gasteiger partial charge is 0.479 e. The van der Waals surface area contributed by atoms with E-state index < -0.39 is 16.4 Å². The number of nitroso groups, excluding NO2 is 1. The number of hydrogen-bond donors (Lipinski definition) is 3. The molecule has 1 unspecified atom stereocenters. The lowest BCUT2D eigenvalue weighted by molar-refractivity contribution is -0.140. The third-order valence-corrected chi connectivity index (χ3v) is 3.86. The number of nitrogens with one attached hydrogen (secondary N) is 1. The number of carboxylic acid groups (broad SMARTS) is 1. The molecule has 1 heterocycles. The summed E-state index contributed by atoms with van der Waals surface area (Å²) in [5, 5.41) is 14.7. The van der Waals surface area contributed by atoms with Crippen LogP contribution in [-0.4, -0.2) is 26.5 Å². The zero-order valence-corrected chi connectivity index (χ0v) is 11.7. The van der Waals surface area contributed by atoms with E-state index in [1.165, 1.54) is 13.8 Å². The second kappa shape index (κ2) is 4.78. The maximum absolute atomic E-state index is 11.4. The van der Waals surface area contributed by atoms with Crippen LogP contribution < -0.4 is 5.32 Å². The third-order valence-electron chi connectivity index (χ3n) is 3.00. The van der Waals surface area contributed by atoms with Crippen LogP contribution in [-0.2, 0) is 4.79 Å². The van der Waals surface area contributed by atoms with Gasteiger partial charge in [-0.2, -0.15) is 9.89 Å². The molecule has 0 aliphatic rings. The molecule has 0 aliphatic carbocycles. The van der Waals surface area contributed by atoms with Crippen molar-refractivity contribution in [2.24, 2.45) is 5.18 Å². The van der Waals surface area contributed by atoms with Crippen LogP contribution in [0.4, 0.5) is 6.01 Å². The van der Waals surface area contributed by atoms with Crippen LogP contribution in [0.15, 0.2) is 33.9 Å². The van der Waals surface area contributed by atoms with Gasteiger partial charge in [0.05, 0.1) is 0 Å². The Bertz CT molecular complexity index is 637. The molecule has 0 fully saturated rings. The number of fused-ring (bicyclic) bond motifs is 1. The normalized spacial score (nSPS) is 14.8. The van der Waals surface area contributed by atoms with Gasteiger partial charge in [-0.15, -0.1) is 12.6 Å².